The lowest BCUT2D eigenvalue weighted by molar-refractivity contribution is 0.00578. The molecule has 0 radical (unpaired) electrons. The standard InChI is InChI=1S/C23H28BN5O4/c1-22(2)23(3,4)33-24(32-22)14-8-7-9-15(10-14)29-20(18(12-25-29)21(30)31-6)17-11-16(17)19-13-28(5)27-26-19/h7-10,12-13,16-17H,11H2,1-6H3. The van der Waals surface area contributed by atoms with Crippen molar-refractivity contribution in [2.45, 2.75) is 57.2 Å². The van der Waals surface area contributed by atoms with Gasteiger partial charge in [-0.1, -0.05) is 17.3 Å². The Kier molecular flexibility index (Phi) is 4.98. The smallest absolute Gasteiger partial charge is 0.465 e. The average molecular weight is 449 g/mol. The molecule has 3 aromatic rings. The fraction of sp³-hybridized carbons (Fsp3) is 0.478. The fourth-order valence-electron chi connectivity index (χ4n) is 4.33. The number of aromatic nitrogens is 5. The maximum absolute atomic E-state index is 12.5. The highest BCUT2D eigenvalue weighted by Gasteiger charge is 2.52. The minimum absolute atomic E-state index is 0.0961. The lowest BCUT2D eigenvalue weighted by atomic mass is 9.79. The minimum atomic E-state index is -0.484. The van der Waals surface area contributed by atoms with E-state index in [1.807, 2.05) is 69.9 Å². The van der Waals surface area contributed by atoms with E-state index in [0.29, 0.717) is 5.56 Å². The third-order valence-corrected chi connectivity index (χ3v) is 6.99. The lowest BCUT2D eigenvalue weighted by Gasteiger charge is -2.32. The molecule has 0 amide bonds. The number of carbonyl (C=O) groups excluding carboxylic acids is 1. The van der Waals surface area contributed by atoms with Crippen LogP contribution in [0.15, 0.2) is 36.7 Å². The van der Waals surface area contributed by atoms with Crippen molar-refractivity contribution in [3.8, 4) is 5.69 Å². The van der Waals surface area contributed by atoms with Crippen molar-refractivity contribution in [1.82, 2.24) is 24.8 Å². The Morgan fingerprint density at radius 3 is 2.55 bits per heavy atom. The number of aryl methyl sites for hydroxylation is 1. The molecule has 10 heteroatoms. The molecule has 9 nitrogen and oxygen atoms in total. The normalized spacial score (nSPS) is 23.0. The van der Waals surface area contributed by atoms with Crippen LogP contribution >= 0.6 is 0 Å². The number of esters is 1. The van der Waals surface area contributed by atoms with Crippen molar-refractivity contribution in [3.05, 3.63) is 53.6 Å². The van der Waals surface area contributed by atoms with Gasteiger partial charge in [-0.25, -0.2) is 9.48 Å². The molecule has 0 N–H and O–H groups in total. The van der Waals surface area contributed by atoms with E-state index in [1.165, 1.54) is 7.11 Å². The van der Waals surface area contributed by atoms with Crippen LogP contribution in [0.25, 0.3) is 5.69 Å². The van der Waals surface area contributed by atoms with Gasteiger partial charge in [-0.3, -0.25) is 4.68 Å². The van der Waals surface area contributed by atoms with Crippen molar-refractivity contribution in [2.24, 2.45) is 7.05 Å². The largest absolute Gasteiger partial charge is 0.494 e. The zero-order valence-corrected chi connectivity index (χ0v) is 19.8. The van der Waals surface area contributed by atoms with Gasteiger partial charge in [-0.15, -0.1) is 5.10 Å². The summed E-state index contributed by atoms with van der Waals surface area (Å²) >= 11 is 0. The average Bonchev–Trinajstić information content (AvgIpc) is 3.11. The molecule has 2 atom stereocenters. The number of nitrogens with zero attached hydrogens (tertiary/aromatic N) is 5. The van der Waals surface area contributed by atoms with Crippen LogP contribution in [-0.2, 0) is 21.1 Å². The summed E-state index contributed by atoms with van der Waals surface area (Å²) in [7, 11) is 2.75. The van der Waals surface area contributed by atoms with E-state index in [4.69, 9.17) is 14.0 Å². The molecule has 172 valence electrons. The molecule has 33 heavy (non-hydrogen) atoms. The summed E-state index contributed by atoms with van der Waals surface area (Å²) in [5, 5.41) is 12.9. The van der Waals surface area contributed by atoms with Gasteiger partial charge in [0.15, 0.2) is 0 Å². The Labute approximate surface area is 193 Å². The molecule has 0 spiro atoms. The molecule has 0 bridgehead atoms. The number of rotatable bonds is 5. The Bertz CT molecular complexity index is 1200. The van der Waals surface area contributed by atoms with Crippen LogP contribution in [0, 0.1) is 0 Å². The van der Waals surface area contributed by atoms with Crippen molar-refractivity contribution < 1.29 is 18.8 Å². The number of methoxy groups -OCH3 is 1. The first-order valence-electron chi connectivity index (χ1n) is 11.1. The zero-order valence-electron chi connectivity index (χ0n) is 19.8. The minimum Gasteiger partial charge on any atom is -0.465 e. The Morgan fingerprint density at radius 1 is 1.18 bits per heavy atom. The van der Waals surface area contributed by atoms with Gasteiger partial charge in [0, 0.05) is 25.1 Å². The molecule has 1 saturated heterocycles. The molecule has 2 aromatic heterocycles. The van der Waals surface area contributed by atoms with E-state index in [9.17, 15) is 4.79 Å². The fourth-order valence-corrected chi connectivity index (χ4v) is 4.33. The molecule has 1 saturated carbocycles. The second kappa shape index (κ2) is 7.53. The van der Waals surface area contributed by atoms with E-state index >= 15 is 0 Å². The maximum atomic E-state index is 12.5. The van der Waals surface area contributed by atoms with Gasteiger partial charge in [0.25, 0.3) is 0 Å². The second-order valence-corrected chi connectivity index (χ2v) is 9.80. The van der Waals surface area contributed by atoms with Gasteiger partial charge in [0.05, 0.1) is 41.6 Å². The molecule has 5 rings (SSSR count). The summed E-state index contributed by atoms with van der Waals surface area (Å²) in [5.41, 5.74) is 3.07. The van der Waals surface area contributed by atoms with E-state index in [2.05, 4.69) is 15.4 Å². The molecule has 1 aliphatic heterocycles. The van der Waals surface area contributed by atoms with Gasteiger partial charge in [-0.2, -0.15) is 5.10 Å². The number of carbonyl (C=O) groups is 1. The highest BCUT2D eigenvalue weighted by molar-refractivity contribution is 6.62. The summed E-state index contributed by atoms with van der Waals surface area (Å²) in [6.45, 7) is 8.13. The van der Waals surface area contributed by atoms with Gasteiger partial charge >= 0.3 is 13.1 Å². The molecule has 2 unspecified atom stereocenters. The molecule has 1 aliphatic carbocycles. The summed E-state index contributed by atoms with van der Waals surface area (Å²) in [6, 6.07) is 7.90. The summed E-state index contributed by atoms with van der Waals surface area (Å²) < 4.78 is 21.0. The predicted octanol–water partition coefficient (Wildman–Crippen LogP) is 2.36. The molecular weight excluding hydrogens is 421 g/mol. The number of benzene rings is 1. The number of hydrogen-bond acceptors (Lipinski definition) is 7. The Balaban J connectivity index is 1.51. The Hall–Kier alpha value is -2.98. The first-order valence-corrected chi connectivity index (χ1v) is 11.1. The van der Waals surface area contributed by atoms with Crippen LogP contribution in [0.5, 0.6) is 0 Å². The van der Waals surface area contributed by atoms with E-state index in [1.54, 1.807) is 10.9 Å². The van der Waals surface area contributed by atoms with Gasteiger partial charge in [0.2, 0.25) is 0 Å². The quantitative estimate of drug-likeness (QED) is 0.436. The molecule has 3 heterocycles. The number of hydrogen-bond donors (Lipinski definition) is 0. The highest BCUT2D eigenvalue weighted by atomic mass is 16.7. The van der Waals surface area contributed by atoms with Crippen molar-refractivity contribution in [3.63, 3.8) is 0 Å². The lowest BCUT2D eigenvalue weighted by Crippen LogP contribution is -2.41. The third-order valence-electron chi connectivity index (χ3n) is 6.99. The molecule has 2 aliphatic rings. The van der Waals surface area contributed by atoms with Crippen LogP contribution in [0.1, 0.15) is 67.7 Å². The molecular formula is C23H28BN5O4. The monoisotopic (exact) mass is 449 g/mol. The van der Waals surface area contributed by atoms with E-state index < -0.39 is 24.3 Å². The van der Waals surface area contributed by atoms with Crippen LogP contribution in [-0.4, -0.2) is 56.2 Å². The van der Waals surface area contributed by atoms with E-state index in [0.717, 1.165) is 29.0 Å². The second-order valence-electron chi connectivity index (χ2n) is 9.80. The SMILES string of the molecule is COC(=O)c1cnn(-c2cccc(B3OC(C)(C)C(C)(C)O3)c2)c1C1CC1c1cn(C)nn1. The van der Waals surface area contributed by atoms with Gasteiger partial charge in [0.1, 0.15) is 5.56 Å². The van der Waals surface area contributed by atoms with Crippen molar-refractivity contribution in [1.29, 1.82) is 0 Å². The Morgan fingerprint density at radius 2 is 1.91 bits per heavy atom. The van der Waals surface area contributed by atoms with E-state index in [-0.39, 0.29) is 11.8 Å². The molecule has 2 fully saturated rings. The summed E-state index contributed by atoms with van der Waals surface area (Å²) in [5.74, 6) is -0.120. The first kappa shape index (κ1) is 21.8. The van der Waals surface area contributed by atoms with Gasteiger partial charge in [-0.05, 0) is 51.7 Å². The number of ether oxygens (including phenoxy) is 1. The topological polar surface area (TPSA) is 93.3 Å². The summed E-state index contributed by atoms with van der Waals surface area (Å²) in [6.07, 6.45) is 4.36. The summed E-state index contributed by atoms with van der Waals surface area (Å²) in [4.78, 5) is 12.5. The maximum Gasteiger partial charge on any atom is 0.494 e. The van der Waals surface area contributed by atoms with Crippen LogP contribution in [0.2, 0.25) is 0 Å². The first-order chi connectivity index (χ1) is 15.6. The predicted molar refractivity (Wildman–Crippen MR) is 122 cm³/mol. The van der Waals surface area contributed by atoms with Crippen molar-refractivity contribution in [2.75, 3.05) is 7.11 Å². The van der Waals surface area contributed by atoms with Crippen LogP contribution in [0.3, 0.4) is 0 Å². The van der Waals surface area contributed by atoms with Crippen LogP contribution in [0.4, 0.5) is 0 Å². The zero-order chi connectivity index (χ0) is 23.5. The third kappa shape index (κ3) is 3.67. The van der Waals surface area contributed by atoms with Gasteiger partial charge < -0.3 is 14.0 Å². The van der Waals surface area contributed by atoms with Crippen molar-refractivity contribution >= 4 is 18.6 Å². The molecule has 1 aromatic carbocycles. The highest BCUT2D eigenvalue weighted by Crippen LogP contribution is 2.55. The van der Waals surface area contributed by atoms with Crippen LogP contribution < -0.4 is 5.46 Å².